The first-order valence-corrected chi connectivity index (χ1v) is 18.3. The molecular formula is C40H44Si. The molecule has 0 aromatic heterocycles. The summed E-state index contributed by atoms with van der Waals surface area (Å²) in [6.45, 7) is 18.9. The zero-order valence-corrected chi connectivity index (χ0v) is 27.0. The molecule has 0 amide bonds. The maximum absolute atomic E-state index is 2.58. The van der Waals surface area contributed by atoms with Crippen molar-refractivity contribution in [1.82, 2.24) is 0 Å². The summed E-state index contributed by atoms with van der Waals surface area (Å²) < 4.78 is 0. The molecule has 2 aliphatic carbocycles. The Morgan fingerprint density at radius 2 is 0.854 bits per heavy atom. The molecule has 0 heterocycles. The predicted octanol–water partition coefficient (Wildman–Crippen LogP) is 11.5. The van der Waals surface area contributed by atoms with Gasteiger partial charge in [0.05, 0.1) is 8.07 Å². The Balaban J connectivity index is 1.47. The van der Waals surface area contributed by atoms with E-state index in [4.69, 9.17) is 0 Å². The van der Waals surface area contributed by atoms with Crippen LogP contribution in [0.1, 0.15) is 69.3 Å². The maximum Gasteiger partial charge on any atom is 0.0715 e. The summed E-state index contributed by atoms with van der Waals surface area (Å²) in [5.74, 6) is 0. The van der Waals surface area contributed by atoms with Crippen LogP contribution in [0.2, 0.25) is 18.6 Å². The Morgan fingerprint density at radius 1 is 0.488 bits per heavy atom. The Morgan fingerprint density at radius 3 is 1.22 bits per heavy atom. The average Bonchev–Trinajstić information content (AvgIpc) is 3.59. The van der Waals surface area contributed by atoms with E-state index in [9.17, 15) is 0 Å². The fourth-order valence-electron chi connectivity index (χ4n) is 6.86. The minimum atomic E-state index is -1.76. The minimum Gasteiger partial charge on any atom is -0.0803 e. The molecule has 6 rings (SSSR count). The van der Waals surface area contributed by atoms with Crippen LogP contribution >= 0.6 is 0 Å². The number of fused-ring (bicyclic) bond motifs is 3. The zero-order valence-electron chi connectivity index (χ0n) is 26.0. The first-order chi connectivity index (χ1) is 19.3. The van der Waals surface area contributed by atoms with Crippen molar-refractivity contribution in [1.29, 1.82) is 0 Å². The van der Waals surface area contributed by atoms with E-state index >= 15 is 0 Å². The first-order valence-electron chi connectivity index (χ1n) is 15.2. The molecule has 0 saturated carbocycles. The van der Waals surface area contributed by atoms with Crippen LogP contribution in [0, 0.1) is 0 Å². The van der Waals surface area contributed by atoms with Gasteiger partial charge in [0.1, 0.15) is 0 Å². The SMILES string of the molecule is CC(C)(C)c1ccc(-c2ccc3c(c2)-c2cc(-c4ccc(C(C)(C)C)cc4)ccc2C3[Si](C)(C)C2C=CC=C2)cc1. The van der Waals surface area contributed by atoms with Crippen LogP contribution in [-0.2, 0) is 10.8 Å². The molecule has 0 spiro atoms. The van der Waals surface area contributed by atoms with Crippen LogP contribution in [0.3, 0.4) is 0 Å². The quantitative estimate of drug-likeness (QED) is 0.221. The van der Waals surface area contributed by atoms with E-state index in [2.05, 4.69) is 164 Å². The monoisotopic (exact) mass is 552 g/mol. The molecule has 0 fully saturated rings. The Hall–Kier alpha value is -3.42. The molecule has 0 aliphatic heterocycles. The van der Waals surface area contributed by atoms with Gasteiger partial charge in [-0.15, -0.1) is 0 Å². The molecule has 4 aromatic rings. The topological polar surface area (TPSA) is 0 Å². The third-order valence-electron chi connectivity index (χ3n) is 9.54. The Bertz CT molecular complexity index is 1530. The molecule has 208 valence electrons. The van der Waals surface area contributed by atoms with Gasteiger partial charge in [-0.1, -0.05) is 152 Å². The second-order valence-corrected chi connectivity index (χ2v) is 19.7. The zero-order chi connectivity index (χ0) is 29.2. The lowest BCUT2D eigenvalue weighted by molar-refractivity contribution is 0.590. The summed E-state index contributed by atoms with van der Waals surface area (Å²) in [7, 11) is -1.76. The molecule has 0 nitrogen and oxygen atoms in total. The molecule has 1 heteroatoms. The molecule has 0 N–H and O–H groups in total. The lowest BCUT2D eigenvalue weighted by Gasteiger charge is -2.35. The van der Waals surface area contributed by atoms with Gasteiger partial charge >= 0.3 is 0 Å². The molecule has 0 unspecified atom stereocenters. The van der Waals surface area contributed by atoms with E-state index in [0.717, 1.165) is 0 Å². The average molecular weight is 553 g/mol. The van der Waals surface area contributed by atoms with Gasteiger partial charge in [0.2, 0.25) is 0 Å². The van der Waals surface area contributed by atoms with E-state index in [1.807, 2.05) is 0 Å². The van der Waals surface area contributed by atoms with Crippen LogP contribution in [-0.4, -0.2) is 8.07 Å². The minimum absolute atomic E-state index is 0.156. The van der Waals surface area contributed by atoms with Crippen molar-refractivity contribution >= 4 is 8.07 Å². The van der Waals surface area contributed by atoms with Crippen LogP contribution in [0.5, 0.6) is 0 Å². The van der Waals surface area contributed by atoms with Gasteiger partial charge in [-0.3, -0.25) is 0 Å². The highest BCUT2D eigenvalue weighted by molar-refractivity contribution is 6.82. The highest BCUT2D eigenvalue weighted by atomic mass is 28.3. The summed E-state index contributed by atoms with van der Waals surface area (Å²) in [6.07, 6.45) is 9.34. The van der Waals surface area contributed by atoms with Gasteiger partial charge in [0, 0.05) is 5.54 Å². The highest BCUT2D eigenvalue weighted by Gasteiger charge is 2.44. The molecule has 41 heavy (non-hydrogen) atoms. The number of hydrogen-bond donors (Lipinski definition) is 0. The number of allylic oxidation sites excluding steroid dienone is 4. The van der Waals surface area contributed by atoms with Crippen molar-refractivity contribution in [3.63, 3.8) is 0 Å². The number of rotatable bonds is 4. The summed E-state index contributed by atoms with van der Waals surface area (Å²) in [6, 6.07) is 33.0. The largest absolute Gasteiger partial charge is 0.0803 e. The normalized spacial score (nSPS) is 15.4. The van der Waals surface area contributed by atoms with Crippen LogP contribution in [0.25, 0.3) is 33.4 Å². The molecule has 0 saturated heterocycles. The first kappa shape index (κ1) is 27.7. The molecule has 0 atom stereocenters. The van der Waals surface area contributed by atoms with Crippen LogP contribution in [0.15, 0.2) is 109 Å². The molecular weight excluding hydrogens is 509 g/mol. The third-order valence-corrected chi connectivity index (χ3v) is 13.8. The molecule has 0 radical (unpaired) electrons. The van der Waals surface area contributed by atoms with Gasteiger partial charge in [0.15, 0.2) is 0 Å². The fraction of sp³-hybridized carbons (Fsp3) is 0.300. The predicted molar refractivity (Wildman–Crippen MR) is 182 cm³/mol. The second-order valence-electron chi connectivity index (χ2n) is 14.8. The van der Waals surface area contributed by atoms with E-state index in [0.29, 0.717) is 11.1 Å². The van der Waals surface area contributed by atoms with E-state index < -0.39 is 8.07 Å². The molecule has 4 aromatic carbocycles. The lowest BCUT2D eigenvalue weighted by atomic mass is 9.86. The Labute approximate surface area is 248 Å². The van der Waals surface area contributed by atoms with Gasteiger partial charge in [0.25, 0.3) is 0 Å². The smallest absolute Gasteiger partial charge is 0.0715 e. The standard InChI is InChI=1S/C40H44Si/c1-39(2,3)31-19-13-27(14-20-31)29-17-23-34-36(25-29)37-26-30(28-15-21-32(22-16-28)40(4,5)6)18-24-35(37)38(34)41(7,8)33-11-9-10-12-33/h9-26,33,38H,1-8H3. The van der Waals surface area contributed by atoms with Crippen molar-refractivity contribution in [2.45, 2.75) is 76.5 Å². The van der Waals surface area contributed by atoms with Crippen molar-refractivity contribution in [2.24, 2.45) is 0 Å². The van der Waals surface area contributed by atoms with Crippen molar-refractivity contribution in [3.05, 3.63) is 131 Å². The van der Waals surface area contributed by atoms with Crippen molar-refractivity contribution < 1.29 is 0 Å². The van der Waals surface area contributed by atoms with E-state index in [1.54, 1.807) is 0 Å². The lowest BCUT2D eigenvalue weighted by Crippen LogP contribution is -2.38. The van der Waals surface area contributed by atoms with Gasteiger partial charge in [-0.2, -0.15) is 0 Å². The van der Waals surface area contributed by atoms with Crippen LogP contribution < -0.4 is 0 Å². The third kappa shape index (κ3) is 4.99. The van der Waals surface area contributed by atoms with E-state index in [1.165, 1.54) is 55.6 Å². The second kappa shape index (κ2) is 9.84. The maximum atomic E-state index is 2.58. The summed E-state index contributed by atoms with van der Waals surface area (Å²) in [5, 5.41) is 0. The number of hydrogen-bond acceptors (Lipinski definition) is 0. The van der Waals surface area contributed by atoms with Gasteiger partial charge in [-0.25, -0.2) is 0 Å². The summed E-state index contributed by atoms with van der Waals surface area (Å²) in [5.41, 5.74) is 15.1. The van der Waals surface area contributed by atoms with Crippen molar-refractivity contribution in [3.8, 4) is 33.4 Å². The van der Waals surface area contributed by atoms with Crippen LogP contribution in [0.4, 0.5) is 0 Å². The van der Waals surface area contributed by atoms with Gasteiger partial charge in [-0.05, 0) is 84.1 Å². The van der Waals surface area contributed by atoms with Crippen molar-refractivity contribution in [2.75, 3.05) is 0 Å². The number of benzene rings is 4. The highest BCUT2D eigenvalue weighted by Crippen LogP contribution is 2.54. The molecule has 0 bridgehead atoms. The fourth-order valence-corrected chi connectivity index (χ4v) is 10.6. The Kier molecular flexibility index (Phi) is 6.66. The van der Waals surface area contributed by atoms with E-state index in [-0.39, 0.29) is 10.8 Å². The van der Waals surface area contributed by atoms with Gasteiger partial charge < -0.3 is 0 Å². The summed E-state index contributed by atoms with van der Waals surface area (Å²) >= 11 is 0. The summed E-state index contributed by atoms with van der Waals surface area (Å²) in [4.78, 5) is 0. The molecule has 2 aliphatic rings.